The van der Waals surface area contributed by atoms with Crippen LogP contribution in [0.15, 0.2) is 103 Å². The van der Waals surface area contributed by atoms with Crippen LogP contribution in [0.4, 0.5) is 0 Å². The van der Waals surface area contributed by atoms with Crippen molar-refractivity contribution in [3.63, 3.8) is 0 Å². The van der Waals surface area contributed by atoms with Crippen LogP contribution < -0.4 is 0 Å². The van der Waals surface area contributed by atoms with Crippen LogP contribution in [-0.4, -0.2) is 0 Å². The predicted molar refractivity (Wildman–Crippen MR) is 102 cm³/mol. The van der Waals surface area contributed by atoms with Gasteiger partial charge in [0.15, 0.2) is 0 Å². The highest BCUT2D eigenvalue weighted by Gasteiger charge is 2.03. The number of hydrogen-bond acceptors (Lipinski definition) is 0. The average Bonchev–Trinajstić information content (AvgIpc) is 2.70. The fourth-order valence-corrected chi connectivity index (χ4v) is 2.92. The SMILES string of the molecule is [c]1ccc(-c2ccccc2)cc1-c1ccc(-c2ccccc2)cc1. The van der Waals surface area contributed by atoms with Crippen molar-refractivity contribution in [1.29, 1.82) is 0 Å². The second-order valence-corrected chi connectivity index (χ2v) is 5.80. The minimum absolute atomic E-state index is 1.12. The van der Waals surface area contributed by atoms with Crippen LogP contribution in [-0.2, 0) is 0 Å². The van der Waals surface area contributed by atoms with Crippen LogP contribution in [0.1, 0.15) is 0 Å². The lowest BCUT2D eigenvalue weighted by molar-refractivity contribution is 1.57. The van der Waals surface area contributed by atoms with Crippen molar-refractivity contribution in [2.75, 3.05) is 0 Å². The van der Waals surface area contributed by atoms with Crippen LogP contribution in [0.25, 0.3) is 33.4 Å². The van der Waals surface area contributed by atoms with E-state index in [-0.39, 0.29) is 0 Å². The van der Waals surface area contributed by atoms with E-state index in [0.29, 0.717) is 0 Å². The third-order valence-electron chi connectivity index (χ3n) is 4.21. The largest absolute Gasteiger partial charge is 0.0622 e. The molecule has 1 radical (unpaired) electrons. The molecule has 0 unspecified atom stereocenters. The summed E-state index contributed by atoms with van der Waals surface area (Å²) in [6, 6.07) is 39.3. The third-order valence-corrected chi connectivity index (χ3v) is 4.21. The van der Waals surface area contributed by atoms with Crippen molar-refractivity contribution in [2.24, 2.45) is 0 Å². The molecule has 0 nitrogen and oxygen atoms in total. The summed E-state index contributed by atoms with van der Waals surface area (Å²) < 4.78 is 0. The quantitative estimate of drug-likeness (QED) is 0.406. The highest BCUT2D eigenvalue weighted by atomic mass is 14.1. The van der Waals surface area contributed by atoms with Gasteiger partial charge in [0.1, 0.15) is 0 Å². The van der Waals surface area contributed by atoms with Crippen LogP contribution >= 0.6 is 0 Å². The Morgan fingerprint density at radius 2 is 0.917 bits per heavy atom. The molecule has 4 aromatic carbocycles. The lowest BCUT2D eigenvalue weighted by atomic mass is 9.97. The normalized spacial score (nSPS) is 10.5. The van der Waals surface area contributed by atoms with E-state index < -0.39 is 0 Å². The molecule has 4 rings (SSSR count). The predicted octanol–water partition coefficient (Wildman–Crippen LogP) is 6.49. The molecule has 24 heavy (non-hydrogen) atoms. The number of rotatable bonds is 3. The Balaban J connectivity index is 1.67. The van der Waals surface area contributed by atoms with E-state index in [9.17, 15) is 0 Å². The molecule has 0 aliphatic heterocycles. The lowest BCUT2D eigenvalue weighted by Gasteiger charge is -2.07. The molecule has 0 heterocycles. The molecule has 4 aromatic rings. The fourth-order valence-electron chi connectivity index (χ4n) is 2.92. The summed E-state index contributed by atoms with van der Waals surface area (Å²) in [6.07, 6.45) is 0. The fraction of sp³-hybridized carbons (Fsp3) is 0. The summed E-state index contributed by atoms with van der Waals surface area (Å²) in [5.41, 5.74) is 7.23. The van der Waals surface area contributed by atoms with Crippen molar-refractivity contribution in [3.8, 4) is 33.4 Å². The van der Waals surface area contributed by atoms with Gasteiger partial charge in [0, 0.05) is 0 Å². The minimum atomic E-state index is 1.12. The zero-order valence-electron chi connectivity index (χ0n) is 13.3. The summed E-state index contributed by atoms with van der Waals surface area (Å²) in [7, 11) is 0. The first-order valence-electron chi connectivity index (χ1n) is 8.13. The van der Waals surface area contributed by atoms with Crippen molar-refractivity contribution in [3.05, 3.63) is 109 Å². The third kappa shape index (κ3) is 3.00. The standard InChI is InChI=1S/C24H17/c1-3-8-19(9-4-1)21-14-16-22(17-15-21)24-13-7-12-23(18-24)20-10-5-2-6-11-20/h1-12,14-18H. The molecule has 0 amide bonds. The second kappa shape index (κ2) is 6.55. The van der Waals surface area contributed by atoms with E-state index in [1.807, 2.05) is 18.2 Å². The molecule has 0 aliphatic rings. The Morgan fingerprint density at radius 1 is 0.417 bits per heavy atom. The van der Waals surface area contributed by atoms with E-state index in [2.05, 4.69) is 91.0 Å². The Kier molecular flexibility index (Phi) is 3.95. The Morgan fingerprint density at radius 3 is 1.54 bits per heavy atom. The van der Waals surface area contributed by atoms with Crippen LogP contribution in [0, 0.1) is 6.07 Å². The van der Waals surface area contributed by atoms with Gasteiger partial charge in [-0.1, -0.05) is 97.1 Å². The Bertz CT molecular complexity index is 920. The van der Waals surface area contributed by atoms with Gasteiger partial charge in [-0.25, -0.2) is 0 Å². The molecule has 0 heteroatoms. The zero-order valence-corrected chi connectivity index (χ0v) is 13.3. The Labute approximate surface area is 143 Å². The topological polar surface area (TPSA) is 0 Å². The molecule has 0 saturated carbocycles. The summed E-state index contributed by atoms with van der Waals surface area (Å²) in [5, 5.41) is 0. The molecule has 0 saturated heterocycles. The average molecular weight is 305 g/mol. The van der Waals surface area contributed by atoms with Gasteiger partial charge in [-0.2, -0.15) is 0 Å². The molecule has 0 N–H and O–H groups in total. The van der Waals surface area contributed by atoms with Crippen LogP contribution in [0.2, 0.25) is 0 Å². The maximum atomic E-state index is 3.35. The molecule has 0 aromatic heterocycles. The van der Waals surface area contributed by atoms with Gasteiger partial charge in [0.05, 0.1) is 0 Å². The lowest BCUT2D eigenvalue weighted by Crippen LogP contribution is -1.83. The summed E-state index contributed by atoms with van der Waals surface area (Å²) >= 11 is 0. The first-order valence-corrected chi connectivity index (χ1v) is 8.13. The van der Waals surface area contributed by atoms with Gasteiger partial charge in [-0.05, 0) is 45.5 Å². The molecule has 0 aliphatic carbocycles. The van der Waals surface area contributed by atoms with E-state index >= 15 is 0 Å². The zero-order chi connectivity index (χ0) is 16.2. The van der Waals surface area contributed by atoms with Crippen molar-refractivity contribution in [1.82, 2.24) is 0 Å². The summed E-state index contributed by atoms with van der Waals surface area (Å²) in [6.45, 7) is 0. The van der Waals surface area contributed by atoms with Gasteiger partial charge in [0.2, 0.25) is 0 Å². The molecule has 113 valence electrons. The smallest absolute Gasteiger partial charge is 0.00987 e. The number of benzene rings is 4. The monoisotopic (exact) mass is 305 g/mol. The first kappa shape index (κ1) is 14.5. The molecular weight excluding hydrogens is 288 g/mol. The van der Waals surface area contributed by atoms with Crippen LogP contribution in [0.3, 0.4) is 0 Å². The molecule has 0 spiro atoms. The minimum Gasteiger partial charge on any atom is -0.0622 e. The van der Waals surface area contributed by atoms with E-state index in [0.717, 1.165) is 5.56 Å². The van der Waals surface area contributed by atoms with Crippen molar-refractivity contribution < 1.29 is 0 Å². The van der Waals surface area contributed by atoms with Crippen molar-refractivity contribution in [2.45, 2.75) is 0 Å². The van der Waals surface area contributed by atoms with E-state index in [4.69, 9.17) is 0 Å². The molecule has 0 bridgehead atoms. The van der Waals surface area contributed by atoms with Gasteiger partial charge in [-0.15, -0.1) is 0 Å². The highest BCUT2D eigenvalue weighted by molar-refractivity contribution is 5.74. The van der Waals surface area contributed by atoms with Crippen molar-refractivity contribution >= 4 is 0 Å². The van der Waals surface area contributed by atoms with Crippen LogP contribution in [0.5, 0.6) is 0 Å². The second-order valence-electron chi connectivity index (χ2n) is 5.80. The summed E-state index contributed by atoms with van der Waals surface area (Å²) in [5.74, 6) is 0. The van der Waals surface area contributed by atoms with Gasteiger partial charge in [-0.3, -0.25) is 0 Å². The highest BCUT2D eigenvalue weighted by Crippen LogP contribution is 2.28. The maximum Gasteiger partial charge on any atom is -0.00987 e. The summed E-state index contributed by atoms with van der Waals surface area (Å²) in [4.78, 5) is 0. The molecular formula is C24H17. The Hall–Kier alpha value is -3.12. The van der Waals surface area contributed by atoms with Gasteiger partial charge < -0.3 is 0 Å². The van der Waals surface area contributed by atoms with E-state index in [1.54, 1.807) is 0 Å². The number of hydrogen-bond donors (Lipinski definition) is 0. The van der Waals surface area contributed by atoms with Gasteiger partial charge >= 0.3 is 0 Å². The maximum absolute atomic E-state index is 3.35. The van der Waals surface area contributed by atoms with Gasteiger partial charge in [0.25, 0.3) is 0 Å². The molecule has 0 fully saturated rings. The molecule has 0 atom stereocenters. The van der Waals surface area contributed by atoms with E-state index in [1.165, 1.54) is 27.8 Å². The first-order chi connectivity index (χ1) is 11.9.